The van der Waals surface area contributed by atoms with E-state index < -0.39 is 0 Å². The SMILES string of the molecule is COc1cc(N2CCN(C)CC2)ccc1Nc1ncc2c(n1)n(C1CCNCC1)c(=O)n2C. The van der Waals surface area contributed by atoms with Gasteiger partial charge in [-0.2, -0.15) is 4.98 Å². The van der Waals surface area contributed by atoms with Gasteiger partial charge in [0, 0.05) is 51.0 Å². The van der Waals surface area contributed by atoms with Gasteiger partial charge in [-0.15, -0.1) is 0 Å². The third kappa shape index (κ3) is 4.16. The average molecular weight is 453 g/mol. The molecule has 0 saturated carbocycles. The highest BCUT2D eigenvalue weighted by Crippen LogP contribution is 2.32. The van der Waals surface area contributed by atoms with Crippen molar-refractivity contribution in [3.05, 3.63) is 34.9 Å². The number of aromatic nitrogens is 4. The maximum absolute atomic E-state index is 13.0. The molecule has 0 radical (unpaired) electrons. The Kier molecular flexibility index (Phi) is 5.94. The van der Waals surface area contributed by atoms with Gasteiger partial charge in [-0.05, 0) is 45.1 Å². The van der Waals surface area contributed by atoms with E-state index in [1.54, 1.807) is 24.9 Å². The average Bonchev–Trinajstić information content (AvgIpc) is 3.09. The number of hydrogen-bond acceptors (Lipinski definition) is 8. The van der Waals surface area contributed by atoms with Gasteiger partial charge in [0.25, 0.3) is 0 Å². The van der Waals surface area contributed by atoms with Crippen LogP contribution in [0.1, 0.15) is 18.9 Å². The molecule has 176 valence electrons. The topological polar surface area (TPSA) is 92.5 Å². The number of ether oxygens (including phenoxy) is 1. The van der Waals surface area contributed by atoms with Crippen LogP contribution in [-0.4, -0.2) is 77.4 Å². The fraction of sp³-hybridized carbons (Fsp3) is 0.522. The third-order valence-corrected chi connectivity index (χ3v) is 6.81. The predicted octanol–water partition coefficient (Wildman–Crippen LogP) is 1.56. The quantitative estimate of drug-likeness (QED) is 0.603. The van der Waals surface area contributed by atoms with Gasteiger partial charge in [0.1, 0.15) is 11.3 Å². The molecule has 4 heterocycles. The van der Waals surface area contributed by atoms with E-state index in [0.29, 0.717) is 11.6 Å². The fourth-order valence-electron chi connectivity index (χ4n) is 4.75. The van der Waals surface area contributed by atoms with Crippen molar-refractivity contribution in [3.8, 4) is 5.75 Å². The summed E-state index contributed by atoms with van der Waals surface area (Å²) in [5, 5.41) is 6.66. The number of benzene rings is 1. The number of likely N-dealkylation sites (N-methyl/N-ethyl adjacent to an activating group) is 1. The Balaban J connectivity index is 1.44. The second-order valence-electron chi connectivity index (χ2n) is 8.90. The first-order valence-electron chi connectivity index (χ1n) is 11.6. The van der Waals surface area contributed by atoms with Crippen LogP contribution in [0.4, 0.5) is 17.3 Å². The Labute approximate surface area is 193 Å². The zero-order valence-corrected chi connectivity index (χ0v) is 19.5. The molecule has 1 aromatic carbocycles. The number of methoxy groups -OCH3 is 1. The first-order valence-corrected chi connectivity index (χ1v) is 11.6. The second-order valence-corrected chi connectivity index (χ2v) is 8.90. The molecule has 0 bridgehead atoms. The van der Waals surface area contributed by atoms with Gasteiger partial charge in [0.15, 0.2) is 5.65 Å². The zero-order valence-electron chi connectivity index (χ0n) is 19.5. The summed E-state index contributed by atoms with van der Waals surface area (Å²) in [6, 6.07) is 6.30. The van der Waals surface area contributed by atoms with Crippen molar-refractivity contribution in [2.75, 3.05) is 63.6 Å². The summed E-state index contributed by atoms with van der Waals surface area (Å²) in [7, 11) is 5.60. The minimum absolute atomic E-state index is 0.0440. The monoisotopic (exact) mass is 452 g/mol. The highest BCUT2D eigenvalue weighted by molar-refractivity contribution is 5.74. The van der Waals surface area contributed by atoms with Crippen LogP contribution in [0.25, 0.3) is 11.2 Å². The summed E-state index contributed by atoms with van der Waals surface area (Å²) >= 11 is 0. The number of piperazine rings is 1. The molecular formula is C23H32N8O2. The number of rotatable bonds is 5. The van der Waals surface area contributed by atoms with Crippen LogP contribution < -0.4 is 26.0 Å². The van der Waals surface area contributed by atoms with Crippen LogP contribution in [0.5, 0.6) is 5.75 Å². The Bertz CT molecular complexity index is 1190. The van der Waals surface area contributed by atoms with Crippen molar-refractivity contribution in [2.45, 2.75) is 18.9 Å². The van der Waals surface area contributed by atoms with Gasteiger partial charge in [-0.3, -0.25) is 9.13 Å². The number of nitrogens with one attached hydrogen (secondary N) is 2. The van der Waals surface area contributed by atoms with Gasteiger partial charge in [-0.25, -0.2) is 9.78 Å². The van der Waals surface area contributed by atoms with Gasteiger partial charge >= 0.3 is 5.69 Å². The molecule has 10 heteroatoms. The van der Waals surface area contributed by atoms with Crippen molar-refractivity contribution in [1.29, 1.82) is 0 Å². The lowest BCUT2D eigenvalue weighted by molar-refractivity contribution is 0.312. The molecule has 33 heavy (non-hydrogen) atoms. The number of aryl methyl sites for hydroxylation is 1. The minimum atomic E-state index is -0.0440. The summed E-state index contributed by atoms with van der Waals surface area (Å²) in [5.74, 6) is 1.18. The Hall–Kier alpha value is -3.11. The van der Waals surface area contributed by atoms with Crippen LogP contribution in [0.15, 0.2) is 29.2 Å². The Morgan fingerprint density at radius 2 is 1.88 bits per heavy atom. The van der Waals surface area contributed by atoms with E-state index in [2.05, 4.69) is 44.6 Å². The van der Waals surface area contributed by atoms with Crippen LogP contribution >= 0.6 is 0 Å². The van der Waals surface area contributed by atoms with Crippen LogP contribution in [-0.2, 0) is 7.05 Å². The largest absolute Gasteiger partial charge is 0.494 e. The standard InChI is InChI=1S/C23H32N8O2/c1-28-10-12-30(13-11-28)17-4-5-18(20(14-17)33-3)26-22-25-15-19-21(27-22)31(23(32)29(19)2)16-6-8-24-9-7-16/h4-5,14-16,24H,6-13H2,1-3H3,(H,25,26,27). The molecule has 5 rings (SSSR count). The lowest BCUT2D eigenvalue weighted by Crippen LogP contribution is -2.44. The molecule has 0 atom stereocenters. The summed E-state index contributed by atoms with van der Waals surface area (Å²) < 4.78 is 9.14. The highest BCUT2D eigenvalue weighted by atomic mass is 16.5. The maximum atomic E-state index is 13.0. The first kappa shape index (κ1) is 21.7. The fourth-order valence-corrected chi connectivity index (χ4v) is 4.75. The van der Waals surface area contributed by atoms with Gasteiger partial charge in [-0.1, -0.05) is 0 Å². The van der Waals surface area contributed by atoms with Crippen LogP contribution in [0.3, 0.4) is 0 Å². The Morgan fingerprint density at radius 1 is 1.12 bits per heavy atom. The lowest BCUT2D eigenvalue weighted by Gasteiger charge is -2.34. The molecule has 10 nitrogen and oxygen atoms in total. The molecule has 2 aliphatic heterocycles. The first-order chi connectivity index (χ1) is 16.0. The van der Waals surface area contributed by atoms with Crippen LogP contribution in [0, 0.1) is 0 Å². The van der Waals surface area contributed by atoms with Crippen molar-refractivity contribution < 1.29 is 4.74 Å². The summed E-state index contributed by atoms with van der Waals surface area (Å²) in [6.07, 6.45) is 3.54. The predicted molar refractivity (Wildman–Crippen MR) is 130 cm³/mol. The smallest absolute Gasteiger partial charge is 0.330 e. The summed E-state index contributed by atoms with van der Waals surface area (Å²) in [6.45, 7) is 5.89. The van der Waals surface area contributed by atoms with E-state index in [1.807, 2.05) is 10.6 Å². The molecule has 2 aromatic heterocycles. The van der Waals surface area contributed by atoms with E-state index in [9.17, 15) is 4.79 Å². The molecule has 2 N–H and O–H groups in total. The number of fused-ring (bicyclic) bond motifs is 1. The van der Waals surface area contributed by atoms with E-state index in [-0.39, 0.29) is 11.7 Å². The van der Waals surface area contributed by atoms with Crippen LogP contribution in [0.2, 0.25) is 0 Å². The maximum Gasteiger partial charge on any atom is 0.330 e. The van der Waals surface area contributed by atoms with Crippen molar-refractivity contribution in [3.63, 3.8) is 0 Å². The summed E-state index contributed by atoms with van der Waals surface area (Å²) in [4.78, 5) is 26.9. The van der Waals surface area contributed by atoms with Gasteiger partial charge in [0.2, 0.25) is 5.95 Å². The van der Waals surface area contributed by atoms with Crippen molar-refractivity contribution in [2.24, 2.45) is 7.05 Å². The van der Waals surface area contributed by atoms with Gasteiger partial charge in [0.05, 0.1) is 19.0 Å². The second kappa shape index (κ2) is 9.03. The summed E-state index contributed by atoms with van der Waals surface area (Å²) in [5.41, 5.74) is 3.30. The zero-order chi connectivity index (χ0) is 22.9. The molecule has 0 spiro atoms. The number of hydrogen-bond donors (Lipinski definition) is 2. The normalized spacial score (nSPS) is 18.1. The number of imidazole rings is 1. The molecule has 0 unspecified atom stereocenters. The minimum Gasteiger partial charge on any atom is -0.494 e. The third-order valence-electron chi connectivity index (χ3n) is 6.81. The van der Waals surface area contributed by atoms with E-state index in [4.69, 9.17) is 9.72 Å². The number of anilines is 3. The molecule has 2 aliphatic rings. The molecule has 2 saturated heterocycles. The van der Waals surface area contributed by atoms with Crippen molar-refractivity contribution >= 4 is 28.5 Å². The molecule has 3 aromatic rings. The van der Waals surface area contributed by atoms with E-state index in [0.717, 1.165) is 74.8 Å². The Morgan fingerprint density at radius 3 is 2.61 bits per heavy atom. The van der Waals surface area contributed by atoms with E-state index in [1.165, 1.54) is 0 Å². The molecular weight excluding hydrogens is 420 g/mol. The number of nitrogens with zero attached hydrogens (tertiary/aromatic N) is 6. The molecule has 2 fully saturated rings. The van der Waals surface area contributed by atoms with E-state index >= 15 is 0 Å². The molecule has 0 aliphatic carbocycles. The number of piperidine rings is 1. The highest BCUT2D eigenvalue weighted by Gasteiger charge is 2.23. The lowest BCUT2D eigenvalue weighted by atomic mass is 10.1. The van der Waals surface area contributed by atoms with Crippen molar-refractivity contribution in [1.82, 2.24) is 29.3 Å². The molecule has 0 amide bonds. The van der Waals surface area contributed by atoms with Gasteiger partial charge < -0.3 is 25.2 Å².